The molecule has 6 heteroatoms. The van der Waals surface area contributed by atoms with Gasteiger partial charge in [-0.2, -0.15) is 0 Å². The number of nitrogens with one attached hydrogen (secondary N) is 1. The van der Waals surface area contributed by atoms with Crippen molar-refractivity contribution in [3.8, 4) is 0 Å². The molecule has 0 unspecified atom stereocenters. The highest BCUT2D eigenvalue weighted by atomic mass is 16.2. The fourth-order valence-corrected chi connectivity index (χ4v) is 1.91. The van der Waals surface area contributed by atoms with Gasteiger partial charge in [0.05, 0.1) is 0 Å². The maximum Gasteiger partial charge on any atom is 0.334 e. The van der Waals surface area contributed by atoms with E-state index in [-0.39, 0.29) is 6.04 Å². The first-order chi connectivity index (χ1) is 7.11. The normalized spacial score (nSPS) is 27.0. The molecule has 2 fully saturated rings. The third-order valence-electron chi connectivity index (χ3n) is 2.82. The van der Waals surface area contributed by atoms with Crippen LogP contribution < -0.4 is 5.32 Å². The van der Waals surface area contributed by atoms with Gasteiger partial charge in [0.15, 0.2) is 0 Å². The standard InChI is InChI=1S/C9H13N3O3/c1-11-7(13)8(14)12(9(11)15)5-6-3-2-4-10-6/h6,10H,2-5H2,1H3/t6-/m0/s1. The first kappa shape index (κ1) is 10.1. The fraction of sp³-hybridized carbons (Fsp3) is 0.667. The maximum absolute atomic E-state index is 11.5. The van der Waals surface area contributed by atoms with Crippen LogP contribution in [0.1, 0.15) is 12.8 Å². The molecule has 0 aromatic carbocycles. The summed E-state index contributed by atoms with van der Waals surface area (Å²) < 4.78 is 0. The Bertz CT molecular complexity index is 323. The number of hydrogen-bond donors (Lipinski definition) is 1. The van der Waals surface area contributed by atoms with Crippen LogP contribution in [0.5, 0.6) is 0 Å². The Morgan fingerprint density at radius 2 is 2.07 bits per heavy atom. The van der Waals surface area contributed by atoms with Crippen LogP contribution in [0, 0.1) is 0 Å². The third-order valence-corrected chi connectivity index (χ3v) is 2.82. The summed E-state index contributed by atoms with van der Waals surface area (Å²) in [5.74, 6) is -1.45. The average Bonchev–Trinajstić information content (AvgIpc) is 2.79. The largest absolute Gasteiger partial charge is 0.334 e. The van der Waals surface area contributed by atoms with Crippen LogP contribution in [0.2, 0.25) is 0 Å². The highest BCUT2D eigenvalue weighted by Gasteiger charge is 2.43. The van der Waals surface area contributed by atoms with E-state index in [0.717, 1.165) is 29.2 Å². The maximum atomic E-state index is 11.5. The molecule has 15 heavy (non-hydrogen) atoms. The van der Waals surface area contributed by atoms with E-state index in [4.69, 9.17) is 0 Å². The minimum Gasteiger partial charge on any atom is -0.312 e. The van der Waals surface area contributed by atoms with Gasteiger partial charge in [0.1, 0.15) is 0 Å². The molecule has 2 aliphatic heterocycles. The van der Waals surface area contributed by atoms with Gasteiger partial charge in [0.2, 0.25) is 0 Å². The lowest BCUT2D eigenvalue weighted by Gasteiger charge is -2.17. The Balaban J connectivity index is 2.05. The SMILES string of the molecule is CN1C(=O)C(=O)N(C[C@@H]2CCCN2)C1=O. The monoisotopic (exact) mass is 211 g/mol. The van der Waals surface area contributed by atoms with Crippen molar-refractivity contribution in [3.05, 3.63) is 0 Å². The zero-order valence-corrected chi connectivity index (χ0v) is 8.52. The molecule has 2 saturated heterocycles. The van der Waals surface area contributed by atoms with Gasteiger partial charge in [-0.3, -0.25) is 19.4 Å². The smallest absolute Gasteiger partial charge is 0.312 e. The van der Waals surface area contributed by atoms with Gasteiger partial charge in [-0.15, -0.1) is 0 Å². The lowest BCUT2D eigenvalue weighted by molar-refractivity contribution is -0.142. The van der Waals surface area contributed by atoms with Crippen molar-refractivity contribution in [2.24, 2.45) is 0 Å². The number of hydrogen-bond acceptors (Lipinski definition) is 4. The van der Waals surface area contributed by atoms with Crippen LogP contribution >= 0.6 is 0 Å². The van der Waals surface area contributed by atoms with E-state index < -0.39 is 17.8 Å². The Hall–Kier alpha value is -1.43. The van der Waals surface area contributed by atoms with Crippen LogP contribution in [0.25, 0.3) is 0 Å². The van der Waals surface area contributed by atoms with Gasteiger partial charge in [-0.1, -0.05) is 0 Å². The molecule has 0 bridgehead atoms. The predicted octanol–water partition coefficient (Wildman–Crippen LogP) is -0.841. The zero-order valence-electron chi connectivity index (χ0n) is 8.52. The summed E-state index contributed by atoms with van der Waals surface area (Å²) in [4.78, 5) is 36.0. The number of urea groups is 1. The van der Waals surface area contributed by atoms with Gasteiger partial charge >= 0.3 is 17.8 Å². The fourth-order valence-electron chi connectivity index (χ4n) is 1.91. The van der Waals surface area contributed by atoms with E-state index in [0.29, 0.717) is 6.54 Å². The van der Waals surface area contributed by atoms with Crippen molar-refractivity contribution >= 4 is 17.8 Å². The number of rotatable bonds is 2. The number of nitrogens with zero attached hydrogens (tertiary/aromatic N) is 2. The van der Waals surface area contributed by atoms with Crippen molar-refractivity contribution in [2.75, 3.05) is 20.1 Å². The Morgan fingerprint density at radius 1 is 1.33 bits per heavy atom. The summed E-state index contributed by atoms with van der Waals surface area (Å²) in [5, 5.41) is 3.18. The number of imide groups is 2. The summed E-state index contributed by atoms with van der Waals surface area (Å²) in [6, 6.07) is -0.379. The van der Waals surface area contributed by atoms with Gasteiger partial charge in [-0.25, -0.2) is 4.79 Å². The molecule has 0 saturated carbocycles. The minimum absolute atomic E-state index is 0.136. The number of carbonyl (C=O) groups is 3. The van der Waals surface area contributed by atoms with E-state index >= 15 is 0 Å². The van der Waals surface area contributed by atoms with Crippen molar-refractivity contribution in [3.63, 3.8) is 0 Å². The second-order valence-corrected chi connectivity index (χ2v) is 3.86. The summed E-state index contributed by atoms with van der Waals surface area (Å²) in [6.07, 6.45) is 1.99. The van der Waals surface area contributed by atoms with E-state index in [1.54, 1.807) is 0 Å². The lowest BCUT2D eigenvalue weighted by Crippen LogP contribution is -2.41. The zero-order chi connectivity index (χ0) is 11.0. The van der Waals surface area contributed by atoms with Crippen molar-refractivity contribution in [2.45, 2.75) is 18.9 Å². The number of amides is 4. The first-order valence-electron chi connectivity index (χ1n) is 4.98. The number of likely N-dealkylation sites (N-methyl/N-ethyl adjacent to an activating group) is 1. The van der Waals surface area contributed by atoms with Crippen LogP contribution in [0.3, 0.4) is 0 Å². The molecule has 0 radical (unpaired) electrons. The molecule has 2 aliphatic rings. The average molecular weight is 211 g/mol. The third kappa shape index (κ3) is 1.61. The first-order valence-corrected chi connectivity index (χ1v) is 4.98. The van der Waals surface area contributed by atoms with Crippen LogP contribution in [-0.4, -0.2) is 53.8 Å². The van der Waals surface area contributed by atoms with Crippen LogP contribution in [0.4, 0.5) is 4.79 Å². The van der Waals surface area contributed by atoms with Crippen molar-refractivity contribution < 1.29 is 14.4 Å². The van der Waals surface area contributed by atoms with E-state index in [1.165, 1.54) is 7.05 Å². The molecule has 0 aliphatic carbocycles. The number of carbonyl (C=O) groups excluding carboxylic acids is 3. The molecule has 1 atom stereocenters. The molecule has 82 valence electrons. The van der Waals surface area contributed by atoms with E-state index in [9.17, 15) is 14.4 Å². The second-order valence-electron chi connectivity index (χ2n) is 3.86. The van der Waals surface area contributed by atoms with Gasteiger partial charge in [0, 0.05) is 19.6 Å². The van der Waals surface area contributed by atoms with Crippen molar-refractivity contribution in [1.29, 1.82) is 0 Å². The summed E-state index contributed by atoms with van der Waals surface area (Å²) in [6.45, 7) is 1.21. The quantitative estimate of drug-likeness (QED) is 0.477. The molecule has 2 heterocycles. The van der Waals surface area contributed by atoms with Crippen LogP contribution in [-0.2, 0) is 9.59 Å². The molecular weight excluding hydrogens is 198 g/mol. The van der Waals surface area contributed by atoms with Gasteiger partial charge < -0.3 is 5.32 Å². The summed E-state index contributed by atoms with van der Waals surface area (Å²) in [5.41, 5.74) is 0. The van der Waals surface area contributed by atoms with E-state index in [2.05, 4.69) is 5.32 Å². The van der Waals surface area contributed by atoms with Gasteiger partial charge in [0.25, 0.3) is 0 Å². The highest BCUT2D eigenvalue weighted by molar-refractivity contribution is 6.44. The van der Waals surface area contributed by atoms with Crippen molar-refractivity contribution in [1.82, 2.24) is 15.1 Å². The molecule has 4 amide bonds. The summed E-state index contributed by atoms with van der Waals surface area (Å²) in [7, 11) is 1.32. The minimum atomic E-state index is -0.738. The lowest BCUT2D eigenvalue weighted by atomic mass is 10.2. The van der Waals surface area contributed by atoms with Crippen LogP contribution in [0.15, 0.2) is 0 Å². The predicted molar refractivity (Wildman–Crippen MR) is 50.9 cm³/mol. The Labute approximate surface area is 87.2 Å². The summed E-state index contributed by atoms with van der Waals surface area (Å²) >= 11 is 0. The molecular formula is C9H13N3O3. The Morgan fingerprint density at radius 3 is 2.53 bits per heavy atom. The van der Waals surface area contributed by atoms with Gasteiger partial charge in [-0.05, 0) is 19.4 Å². The molecule has 6 nitrogen and oxygen atoms in total. The molecule has 1 N–H and O–H groups in total. The molecule has 0 aromatic heterocycles. The highest BCUT2D eigenvalue weighted by Crippen LogP contribution is 2.13. The molecule has 0 spiro atoms. The Kier molecular flexibility index (Phi) is 2.44. The molecule has 0 aromatic rings. The van der Waals surface area contributed by atoms with E-state index in [1.807, 2.05) is 0 Å². The topological polar surface area (TPSA) is 69.7 Å². The second kappa shape index (κ2) is 3.62. The molecule has 2 rings (SSSR count).